The van der Waals surface area contributed by atoms with E-state index in [4.69, 9.17) is 4.43 Å². The van der Waals surface area contributed by atoms with Crippen molar-refractivity contribution in [2.45, 2.75) is 103 Å². The standard InChI is InChI=1S/C21H38O2Si/c1-15-14-21-13-8-7-10-16(11-9-12-17(21)18(15)22)19(21)23-24(5,6)20(2,3)4/h12,15-16,18-19,22H,7-11,13-14H2,1-6H3/t15-,16+,18+,19+,21+/m1/s1. The number of aliphatic hydroxyl groups excluding tert-OH is 1. The normalized spacial score (nSPS) is 40.5. The van der Waals surface area contributed by atoms with Crippen LogP contribution < -0.4 is 0 Å². The second kappa shape index (κ2) is 6.24. The lowest BCUT2D eigenvalue weighted by molar-refractivity contribution is 0.0149. The van der Waals surface area contributed by atoms with E-state index in [-0.39, 0.29) is 16.6 Å². The number of hydrogen-bond donors (Lipinski definition) is 1. The molecule has 3 rings (SSSR count). The Balaban J connectivity index is 2.03. The Hall–Kier alpha value is -0.123. The van der Waals surface area contributed by atoms with Gasteiger partial charge >= 0.3 is 0 Å². The van der Waals surface area contributed by atoms with Crippen molar-refractivity contribution >= 4 is 8.32 Å². The third kappa shape index (κ3) is 2.95. The van der Waals surface area contributed by atoms with Crippen molar-refractivity contribution in [2.75, 3.05) is 0 Å². The largest absolute Gasteiger partial charge is 0.413 e. The lowest BCUT2D eigenvalue weighted by Gasteiger charge is -2.48. The van der Waals surface area contributed by atoms with E-state index in [1.54, 1.807) is 0 Å². The summed E-state index contributed by atoms with van der Waals surface area (Å²) in [6.07, 6.45) is 11.1. The lowest BCUT2D eigenvalue weighted by Crippen LogP contribution is -2.51. The summed E-state index contributed by atoms with van der Waals surface area (Å²) in [5.41, 5.74) is 1.47. The van der Waals surface area contributed by atoms with Crippen LogP contribution in [0.2, 0.25) is 18.1 Å². The Bertz CT molecular complexity index is 504. The number of rotatable bonds is 2. The van der Waals surface area contributed by atoms with Gasteiger partial charge in [-0.2, -0.15) is 0 Å². The van der Waals surface area contributed by atoms with E-state index in [9.17, 15) is 5.11 Å². The zero-order chi connectivity index (χ0) is 17.8. The molecule has 3 heteroatoms. The minimum atomic E-state index is -1.82. The van der Waals surface area contributed by atoms with E-state index in [2.05, 4.69) is 46.9 Å². The molecule has 2 bridgehead atoms. The fourth-order valence-electron chi connectivity index (χ4n) is 5.30. The molecule has 2 fully saturated rings. The summed E-state index contributed by atoms with van der Waals surface area (Å²) in [6.45, 7) is 14.1. The summed E-state index contributed by atoms with van der Waals surface area (Å²) in [4.78, 5) is 0. The molecule has 0 unspecified atom stereocenters. The predicted molar refractivity (Wildman–Crippen MR) is 104 cm³/mol. The van der Waals surface area contributed by atoms with Gasteiger partial charge in [-0.05, 0) is 67.6 Å². The maximum Gasteiger partial charge on any atom is 0.192 e. The minimum Gasteiger partial charge on any atom is -0.413 e. The molecule has 0 heterocycles. The smallest absolute Gasteiger partial charge is 0.192 e. The first kappa shape index (κ1) is 18.7. The summed E-state index contributed by atoms with van der Waals surface area (Å²) in [7, 11) is -1.82. The van der Waals surface area contributed by atoms with Crippen molar-refractivity contribution in [1.82, 2.24) is 0 Å². The van der Waals surface area contributed by atoms with Crippen LogP contribution >= 0.6 is 0 Å². The number of hydrogen-bond acceptors (Lipinski definition) is 2. The minimum absolute atomic E-state index is 0.117. The van der Waals surface area contributed by atoms with Crippen LogP contribution in [0.4, 0.5) is 0 Å². The monoisotopic (exact) mass is 350 g/mol. The molecule has 2 saturated carbocycles. The fourth-order valence-corrected chi connectivity index (χ4v) is 6.71. The van der Waals surface area contributed by atoms with E-state index >= 15 is 0 Å². The van der Waals surface area contributed by atoms with E-state index in [1.165, 1.54) is 37.7 Å². The first-order chi connectivity index (χ1) is 11.1. The molecule has 1 N–H and O–H groups in total. The Morgan fingerprint density at radius 3 is 2.58 bits per heavy atom. The molecular formula is C21H38O2Si. The molecule has 1 spiro atoms. The van der Waals surface area contributed by atoms with Gasteiger partial charge in [0.25, 0.3) is 0 Å². The van der Waals surface area contributed by atoms with E-state index < -0.39 is 8.32 Å². The summed E-state index contributed by atoms with van der Waals surface area (Å²) < 4.78 is 7.16. The SMILES string of the molecule is C[C@@H]1C[C@@]23CCCC[C@@H](CCC=C2[C@H]1O)[C@@H]3O[Si](C)(C)C(C)(C)C. The van der Waals surface area contributed by atoms with Crippen molar-refractivity contribution in [3.05, 3.63) is 11.6 Å². The molecule has 0 amide bonds. The molecule has 0 aromatic rings. The van der Waals surface area contributed by atoms with Crippen molar-refractivity contribution < 1.29 is 9.53 Å². The molecule has 2 nitrogen and oxygen atoms in total. The number of aliphatic hydroxyl groups is 1. The molecular weight excluding hydrogens is 312 g/mol. The molecule has 0 saturated heterocycles. The van der Waals surface area contributed by atoms with Crippen LogP contribution in [-0.2, 0) is 4.43 Å². The maximum absolute atomic E-state index is 10.9. The molecule has 5 atom stereocenters. The van der Waals surface area contributed by atoms with Crippen molar-refractivity contribution in [3.63, 3.8) is 0 Å². The Morgan fingerprint density at radius 1 is 1.21 bits per heavy atom. The Morgan fingerprint density at radius 2 is 1.92 bits per heavy atom. The lowest BCUT2D eigenvalue weighted by atomic mass is 9.71. The molecule has 0 radical (unpaired) electrons. The molecule has 0 aromatic heterocycles. The average molecular weight is 351 g/mol. The first-order valence-corrected chi connectivity index (χ1v) is 13.1. The van der Waals surface area contributed by atoms with Gasteiger partial charge in [0, 0.05) is 5.41 Å². The average Bonchev–Trinajstić information content (AvgIpc) is 2.60. The van der Waals surface area contributed by atoms with Crippen LogP contribution in [0.5, 0.6) is 0 Å². The first-order valence-electron chi connectivity index (χ1n) is 10.1. The van der Waals surface area contributed by atoms with Crippen LogP contribution in [0, 0.1) is 17.3 Å². The third-order valence-electron chi connectivity index (χ3n) is 7.67. The van der Waals surface area contributed by atoms with Gasteiger partial charge in [0.15, 0.2) is 8.32 Å². The van der Waals surface area contributed by atoms with Gasteiger partial charge in [-0.15, -0.1) is 0 Å². The van der Waals surface area contributed by atoms with Gasteiger partial charge in [0.05, 0.1) is 12.2 Å². The van der Waals surface area contributed by atoms with Crippen LogP contribution in [-0.4, -0.2) is 25.6 Å². The maximum atomic E-state index is 10.9. The predicted octanol–water partition coefficient (Wildman–Crippen LogP) is 5.67. The third-order valence-corrected chi connectivity index (χ3v) is 12.1. The topological polar surface area (TPSA) is 29.5 Å². The van der Waals surface area contributed by atoms with Gasteiger partial charge in [-0.3, -0.25) is 0 Å². The molecule has 24 heavy (non-hydrogen) atoms. The second-order valence-electron chi connectivity index (χ2n) is 10.3. The zero-order valence-corrected chi connectivity index (χ0v) is 17.7. The van der Waals surface area contributed by atoms with Crippen LogP contribution in [0.1, 0.15) is 72.6 Å². The number of allylic oxidation sites excluding steroid dienone is 1. The van der Waals surface area contributed by atoms with E-state index in [0.29, 0.717) is 17.9 Å². The van der Waals surface area contributed by atoms with Crippen molar-refractivity contribution in [3.8, 4) is 0 Å². The molecule has 3 aliphatic rings. The quantitative estimate of drug-likeness (QED) is 0.513. The Labute approximate surface area is 150 Å². The van der Waals surface area contributed by atoms with E-state index in [1.807, 2.05) is 0 Å². The molecule has 0 aromatic carbocycles. The molecule has 138 valence electrons. The highest BCUT2D eigenvalue weighted by Gasteiger charge is 2.57. The van der Waals surface area contributed by atoms with E-state index in [0.717, 1.165) is 12.8 Å². The van der Waals surface area contributed by atoms with Gasteiger partial charge in [0.1, 0.15) is 0 Å². The van der Waals surface area contributed by atoms with Gasteiger partial charge in [0.2, 0.25) is 0 Å². The van der Waals surface area contributed by atoms with Crippen molar-refractivity contribution in [1.29, 1.82) is 0 Å². The zero-order valence-electron chi connectivity index (χ0n) is 16.7. The second-order valence-corrected chi connectivity index (χ2v) is 15.1. The van der Waals surface area contributed by atoms with Crippen molar-refractivity contribution in [2.24, 2.45) is 17.3 Å². The molecule has 0 aliphatic heterocycles. The highest BCUT2D eigenvalue weighted by Crippen LogP contribution is 2.59. The summed E-state index contributed by atoms with van der Waals surface area (Å²) in [6, 6.07) is 0. The highest BCUT2D eigenvalue weighted by molar-refractivity contribution is 6.74. The highest BCUT2D eigenvalue weighted by atomic mass is 28.4. The summed E-state index contributed by atoms with van der Waals surface area (Å²) in [5, 5.41) is 11.1. The van der Waals surface area contributed by atoms with Crippen LogP contribution in [0.25, 0.3) is 0 Å². The van der Waals surface area contributed by atoms with Gasteiger partial charge in [-0.25, -0.2) is 0 Å². The van der Waals surface area contributed by atoms with Crippen LogP contribution in [0.15, 0.2) is 11.6 Å². The molecule has 3 aliphatic carbocycles. The summed E-state index contributed by atoms with van der Waals surface area (Å²) >= 11 is 0. The van der Waals surface area contributed by atoms with Crippen LogP contribution in [0.3, 0.4) is 0 Å². The Kier molecular flexibility index (Phi) is 4.85. The fraction of sp³-hybridized carbons (Fsp3) is 0.905. The number of fused-ring (bicyclic) bond motifs is 1. The van der Waals surface area contributed by atoms with Gasteiger partial charge < -0.3 is 9.53 Å². The summed E-state index contributed by atoms with van der Waals surface area (Å²) in [5.74, 6) is 1.05. The van der Waals surface area contributed by atoms with Gasteiger partial charge in [-0.1, -0.05) is 46.6 Å².